The van der Waals surface area contributed by atoms with Crippen LogP contribution in [0.1, 0.15) is 20.3 Å². The maximum atomic E-state index is 12.3. The van der Waals surface area contributed by atoms with Crippen molar-refractivity contribution >= 4 is 5.91 Å². The van der Waals surface area contributed by atoms with Crippen molar-refractivity contribution in [3.05, 3.63) is 0 Å². The molecule has 0 aliphatic heterocycles. The zero-order valence-corrected chi connectivity index (χ0v) is 5.78. The third kappa shape index (κ3) is 5.27. The van der Waals surface area contributed by atoms with Crippen LogP contribution in [-0.2, 0) is 4.79 Å². The predicted molar refractivity (Wildman–Crippen MR) is 33.9 cm³/mol. The Labute approximate surface area is 54.4 Å². The van der Waals surface area contributed by atoms with Gasteiger partial charge in [-0.25, -0.2) is 4.39 Å². The summed E-state index contributed by atoms with van der Waals surface area (Å²) in [5.74, 6) is -0.175. The van der Waals surface area contributed by atoms with Gasteiger partial charge < -0.3 is 5.32 Å². The van der Waals surface area contributed by atoms with E-state index in [-0.39, 0.29) is 12.5 Å². The first-order valence-electron chi connectivity index (χ1n) is 3.05. The summed E-state index contributed by atoms with van der Waals surface area (Å²) in [4.78, 5) is 10.2. The highest BCUT2D eigenvalue weighted by Gasteiger charge is 2.01. The van der Waals surface area contributed by atoms with Crippen molar-refractivity contribution in [1.82, 2.24) is 5.32 Å². The third-order valence-electron chi connectivity index (χ3n) is 1.02. The van der Waals surface area contributed by atoms with Crippen LogP contribution in [0.3, 0.4) is 0 Å². The Hall–Kier alpha value is -0.600. The molecule has 0 spiro atoms. The highest BCUT2D eigenvalue weighted by atomic mass is 19.1. The van der Waals surface area contributed by atoms with Crippen LogP contribution in [-0.4, -0.2) is 18.6 Å². The van der Waals surface area contributed by atoms with Crippen LogP contribution in [0.4, 0.5) is 4.39 Å². The van der Waals surface area contributed by atoms with Crippen molar-refractivity contribution in [3.63, 3.8) is 0 Å². The summed E-state index contributed by atoms with van der Waals surface area (Å²) in [6.45, 7) is 3.26. The van der Waals surface area contributed by atoms with Gasteiger partial charge in [0.15, 0.2) is 0 Å². The lowest BCUT2D eigenvalue weighted by Gasteiger charge is -2.03. The SMILES string of the molecule is CC[C@H](F)CNC(C)=O. The number of carbonyl (C=O) groups excluding carboxylic acids is 1. The molecule has 1 atom stereocenters. The quantitative estimate of drug-likeness (QED) is 0.608. The molecule has 0 aliphatic carbocycles. The van der Waals surface area contributed by atoms with E-state index in [1.54, 1.807) is 6.92 Å². The molecular weight excluding hydrogens is 121 g/mol. The molecule has 0 radical (unpaired) electrons. The van der Waals surface area contributed by atoms with Gasteiger partial charge in [-0.3, -0.25) is 4.79 Å². The average molecular weight is 133 g/mol. The van der Waals surface area contributed by atoms with Gasteiger partial charge in [0.2, 0.25) is 5.91 Å². The van der Waals surface area contributed by atoms with Crippen LogP contribution < -0.4 is 5.32 Å². The Balaban J connectivity index is 3.16. The molecule has 0 bridgehead atoms. The van der Waals surface area contributed by atoms with Gasteiger partial charge in [0.05, 0.1) is 0 Å². The molecule has 0 heterocycles. The number of carbonyl (C=O) groups is 1. The minimum absolute atomic E-state index is 0.145. The predicted octanol–water partition coefficient (Wildman–Crippen LogP) is 0.871. The lowest BCUT2D eigenvalue weighted by atomic mass is 10.3. The highest BCUT2D eigenvalue weighted by Crippen LogP contribution is 1.92. The molecule has 1 amide bonds. The lowest BCUT2D eigenvalue weighted by Crippen LogP contribution is -2.27. The van der Waals surface area contributed by atoms with E-state index in [1.165, 1.54) is 6.92 Å². The van der Waals surface area contributed by atoms with E-state index >= 15 is 0 Å². The Morgan fingerprint density at radius 1 is 1.78 bits per heavy atom. The fourth-order valence-electron chi connectivity index (χ4n) is 0.399. The molecule has 0 saturated heterocycles. The zero-order chi connectivity index (χ0) is 7.28. The molecule has 1 N–H and O–H groups in total. The number of hydrogen-bond acceptors (Lipinski definition) is 1. The number of nitrogens with one attached hydrogen (secondary N) is 1. The van der Waals surface area contributed by atoms with Gasteiger partial charge >= 0.3 is 0 Å². The first kappa shape index (κ1) is 8.40. The first-order chi connectivity index (χ1) is 4.16. The molecule has 0 rings (SSSR count). The highest BCUT2D eigenvalue weighted by molar-refractivity contribution is 5.72. The van der Waals surface area contributed by atoms with Crippen LogP contribution in [0.5, 0.6) is 0 Å². The molecule has 2 nitrogen and oxygen atoms in total. The lowest BCUT2D eigenvalue weighted by molar-refractivity contribution is -0.119. The molecule has 0 aromatic heterocycles. The molecule has 0 fully saturated rings. The number of halogens is 1. The molecule has 3 heteroatoms. The maximum Gasteiger partial charge on any atom is 0.216 e. The van der Waals surface area contributed by atoms with Gasteiger partial charge in [-0.2, -0.15) is 0 Å². The minimum Gasteiger partial charge on any atom is -0.353 e. The molecule has 9 heavy (non-hydrogen) atoms. The standard InChI is InChI=1S/C6H12FNO/c1-3-6(7)4-8-5(2)9/h6H,3-4H2,1-2H3,(H,8,9)/t6-/m0/s1. The summed E-state index contributed by atoms with van der Waals surface area (Å²) in [6.07, 6.45) is -0.436. The van der Waals surface area contributed by atoms with E-state index in [0.29, 0.717) is 6.42 Å². The van der Waals surface area contributed by atoms with Crippen LogP contribution in [0, 0.1) is 0 Å². The number of hydrogen-bond donors (Lipinski definition) is 1. The number of rotatable bonds is 3. The summed E-state index contributed by atoms with van der Waals surface area (Å²) in [5, 5.41) is 2.38. The van der Waals surface area contributed by atoms with Crippen molar-refractivity contribution in [3.8, 4) is 0 Å². The smallest absolute Gasteiger partial charge is 0.216 e. The molecule has 0 aliphatic rings. The molecule has 54 valence electrons. The van der Waals surface area contributed by atoms with Crippen LogP contribution >= 0.6 is 0 Å². The first-order valence-corrected chi connectivity index (χ1v) is 3.05. The van der Waals surface area contributed by atoms with Crippen molar-refractivity contribution in [2.24, 2.45) is 0 Å². The second-order valence-electron chi connectivity index (χ2n) is 1.94. The van der Waals surface area contributed by atoms with Crippen LogP contribution in [0.15, 0.2) is 0 Å². The minimum atomic E-state index is -0.895. The number of alkyl halides is 1. The summed E-state index contributed by atoms with van der Waals surface area (Å²) in [5.41, 5.74) is 0. The second-order valence-corrected chi connectivity index (χ2v) is 1.94. The molecule has 0 aromatic carbocycles. The average Bonchev–Trinajstić information content (AvgIpc) is 1.83. The molecule has 0 unspecified atom stereocenters. The van der Waals surface area contributed by atoms with Crippen LogP contribution in [0.2, 0.25) is 0 Å². The van der Waals surface area contributed by atoms with Gasteiger partial charge in [-0.05, 0) is 6.42 Å². The number of amides is 1. The second kappa shape index (κ2) is 4.30. The Bertz CT molecular complexity index is 95.1. The largest absolute Gasteiger partial charge is 0.353 e. The van der Waals surface area contributed by atoms with Crippen molar-refractivity contribution in [2.75, 3.05) is 6.54 Å². The zero-order valence-electron chi connectivity index (χ0n) is 5.78. The van der Waals surface area contributed by atoms with E-state index < -0.39 is 6.17 Å². The molecular formula is C6H12FNO. The van der Waals surface area contributed by atoms with E-state index in [2.05, 4.69) is 5.32 Å². The van der Waals surface area contributed by atoms with Gasteiger partial charge in [-0.15, -0.1) is 0 Å². The summed E-state index contributed by atoms with van der Waals surface area (Å²) < 4.78 is 12.3. The van der Waals surface area contributed by atoms with Crippen molar-refractivity contribution in [2.45, 2.75) is 26.4 Å². The summed E-state index contributed by atoms with van der Waals surface area (Å²) in [7, 11) is 0. The molecule has 0 saturated carbocycles. The third-order valence-corrected chi connectivity index (χ3v) is 1.02. The normalized spacial score (nSPS) is 12.8. The Morgan fingerprint density at radius 2 is 2.33 bits per heavy atom. The molecule has 0 aromatic rings. The summed E-state index contributed by atoms with van der Waals surface area (Å²) >= 11 is 0. The van der Waals surface area contributed by atoms with Crippen molar-refractivity contribution < 1.29 is 9.18 Å². The van der Waals surface area contributed by atoms with Gasteiger partial charge in [0, 0.05) is 13.5 Å². The van der Waals surface area contributed by atoms with Gasteiger partial charge in [-0.1, -0.05) is 6.92 Å². The maximum absolute atomic E-state index is 12.3. The summed E-state index contributed by atoms with van der Waals surface area (Å²) in [6, 6.07) is 0. The van der Waals surface area contributed by atoms with E-state index in [0.717, 1.165) is 0 Å². The van der Waals surface area contributed by atoms with E-state index in [4.69, 9.17) is 0 Å². The van der Waals surface area contributed by atoms with E-state index in [9.17, 15) is 9.18 Å². The fraction of sp³-hybridized carbons (Fsp3) is 0.833. The monoisotopic (exact) mass is 133 g/mol. The fourth-order valence-corrected chi connectivity index (χ4v) is 0.399. The Kier molecular flexibility index (Phi) is 4.01. The van der Waals surface area contributed by atoms with Crippen molar-refractivity contribution in [1.29, 1.82) is 0 Å². The van der Waals surface area contributed by atoms with Crippen LogP contribution in [0.25, 0.3) is 0 Å². The van der Waals surface area contributed by atoms with Gasteiger partial charge in [0.1, 0.15) is 6.17 Å². The Morgan fingerprint density at radius 3 is 2.67 bits per heavy atom. The topological polar surface area (TPSA) is 29.1 Å². The van der Waals surface area contributed by atoms with Gasteiger partial charge in [0.25, 0.3) is 0 Å². The van der Waals surface area contributed by atoms with E-state index in [1.807, 2.05) is 0 Å².